The van der Waals surface area contributed by atoms with Crippen LogP contribution in [0.5, 0.6) is 0 Å². The second-order valence-electron chi connectivity index (χ2n) is 5.04. The van der Waals surface area contributed by atoms with E-state index >= 15 is 0 Å². The molecule has 0 fully saturated rings. The molecule has 0 aliphatic heterocycles. The van der Waals surface area contributed by atoms with Crippen molar-refractivity contribution < 1.29 is 0 Å². The van der Waals surface area contributed by atoms with Crippen LogP contribution in [0, 0.1) is 13.8 Å². The fourth-order valence-electron chi connectivity index (χ4n) is 2.25. The van der Waals surface area contributed by atoms with Crippen molar-refractivity contribution in [1.82, 2.24) is 9.38 Å². The monoisotopic (exact) mass is 251 g/mol. The van der Waals surface area contributed by atoms with Crippen molar-refractivity contribution in [2.45, 2.75) is 20.3 Å². The van der Waals surface area contributed by atoms with E-state index in [2.05, 4.69) is 49.2 Å². The maximum absolute atomic E-state index is 6.19. The molecule has 2 aromatic heterocycles. The largest absolute Gasteiger partial charge is 0.383 e. The van der Waals surface area contributed by atoms with Crippen LogP contribution < -0.4 is 5.73 Å². The third-order valence-electron chi connectivity index (χ3n) is 3.37. The summed E-state index contributed by atoms with van der Waals surface area (Å²) in [5.74, 6) is 0.735. The Hall–Kier alpha value is -2.29. The number of anilines is 1. The first-order valence-electron chi connectivity index (χ1n) is 6.42. The summed E-state index contributed by atoms with van der Waals surface area (Å²) in [5.41, 5.74) is 11.7. The molecule has 2 heterocycles. The van der Waals surface area contributed by atoms with Crippen LogP contribution in [0.4, 0.5) is 5.82 Å². The molecule has 0 aliphatic carbocycles. The number of nitrogens with two attached hydrogens (primary N) is 1. The zero-order valence-corrected chi connectivity index (χ0v) is 11.2. The number of nitrogens with zero attached hydrogens (tertiary/aromatic N) is 2. The summed E-state index contributed by atoms with van der Waals surface area (Å²) in [6, 6.07) is 12.5. The van der Waals surface area contributed by atoms with Crippen molar-refractivity contribution in [2.24, 2.45) is 0 Å². The molecular weight excluding hydrogens is 234 g/mol. The minimum Gasteiger partial charge on any atom is -0.383 e. The predicted molar refractivity (Wildman–Crippen MR) is 78.3 cm³/mol. The fourth-order valence-corrected chi connectivity index (χ4v) is 2.25. The van der Waals surface area contributed by atoms with Gasteiger partial charge in [0.15, 0.2) is 0 Å². The van der Waals surface area contributed by atoms with E-state index in [-0.39, 0.29) is 0 Å². The van der Waals surface area contributed by atoms with Crippen molar-refractivity contribution in [2.75, 3.05) is 5.73 Å². The number of benzene rings is 1. The summed E-state index contributed by atoms with van der Waals surface area (Å²) in [5, 5.41) is 0. The Morgan fingerprint density at radius 3 is 2.42 bits per heavy atom. The van der Waals surface area contributed by atoms with Crippen LogP contribution in [0.15, 0.2) is 42.6 Å². The summed E-state index contributed by atoms with van der Waals surface area (Å²) in [7, 11) is 0. The average molecular weight is 251 g/mol. The predicted octanol–water partition coefficient (Wildman–Crippen LogP) is 3.12. The fraction of sp³-hybridized carbons (Fsp3) is 0.188. The Morgan fingerprint density at radius 1 is 1.00 bits per heavy atom. The maximum atomic E-state index is 6.19. The van der Waals surface area contributed by atoms with E-state index in [4.69, 9.17) is 5.73 Å². The van der Waals surface area contributed by atoms with Gasteiger partial charge in [-0.25, -0.2) is 4.98 Å². The lowest BCUT2D eigenvalue weighted by molar-refractivity contribution is 1.12. The second-order valence-corrected chi connectivity index (χ2v) is 5.04. The van der Waals surface area contributed by atoms with Gasteiger partial charge in [0.05, 0.1) is 5.69 Å². The van der Waals surface area contributed by atoms with Gasteiger partial charge in [-0.1, -0.05) is 35.9 Å². The van der Waals surface area contributed by atoms with Crippen LogP contribution in [-0.4, -0.2) is 9.38 Å². The van der Waals surface area contributed by atoms with Crippen LogP contribution in [0.3, 0.4) is 0 Å². The summed E-state index contributed by atoms with van der Waals surface area (Å²) in [6.45, 7) is 4.14. The van der Waals surface area contributed by atoms with Crippen molar-refractivity contribution in [3.05, 3.63) is 65.0 Å². The Balaban J connectivity index is 2.01. The molecule has 0 radical (unpaired) electrons. The minimum atomic E-state index is 0.735. The standard InChI is InChI=1S/C16H17N3/c1-11-3-6-13(7-4-11)9-14-16(17)19-10-12(2)5-8-15(19)18-14/h3-8,10H,9,17H2,1-2H3. The van der Waals surface area contributed by atoms with E-state index in [1.807, 2.05) is 16.7 Å². The number of hydrogen-bond donors (Lipinski definition) is 1. The van der Waals surface area contributed by atoms with Crippen molar-refractivity contribution in [3.8, 4) is 0 Å². The molecule has 3 rings (SSSR count). The second kappa shape index (κ2) is 4.43. The maximum Gasteiger partial charge on any atom is 0.138 e. The molecule has 0 saturated carbocycles. The van der Waals surface area contributed by atoms with E-state index in [0.29, 0.717) is 0 Å². The molecule has 0 atom stereocenters. The van der Waals surface area contributed by atoms with E-state index in [1.54, 1.807) is 0 Å². The van der Waals surface area contributed by atoms with Crippen LogP contribution >= 0.6 is 0 Å². The van der Waals surface area contributed by atoms with Crippen LogP contribution in [-0.2, 0) is 6.42 Å². The van der Waals surface area contributed by atoms with Gasteiger partial charge in [0.1, 0.15) is 11.5 Å². The SMILES string of the molecule is Cc1ccc(Cc2nc3ccc(C)cn3c2N)cc1. The minimum absolute atomic E-state index is 0.735. The van der Waals surface area contributed by atoms with Gasteiger partial charge in [0.2, 0.25) is 0 Å². The number of nitrogen functional groups attached to an aromatic ring is 1. The van der Waals surface area contributed by atoms with Crippen molar-refractivity contribution >= 4 is 11.5 Å². The van der Waals surface area contributed by atoms with Gasteiger partial charge in [0, 0.05) is 12.6 Å². The molecule has 1 aromatic carbocycles. The van der Waals surface area contributed by atoms with Crippen molar-refractivity contribution in [3.63, 3.8) is 0 Å². The molecule has 96 valence electrons. The quantitative estimate of drug-likeness (QED) is 0.760. The number of pyridine rings is 1. The van der Waals surface area contributed by atoms with E-state index in [9.17, 15) is 0 Å². The third-order valence-corrected chi connectivity index (χ3v) is 3.37. The highest BCUT2D eigenvalue weighted by Crippen LogP contribution is 2.19. The first kappa shape index (κ1) is 11.8. The molecule has 0 bridgehead atoms. The van der Waals surface area contributed by atoms with Crippen LogP contribution in [0.2, 0.25) is 0 Å². The Labute approximate surface area is 112 Å². The van der Waals surface area contributed by atoms with Gasteiger partial charge < -0.3 is 5.73 Å². The third kappa shape index (κ3) is 2.19. The molecule has 0 aliphatic rings. The lowest BCUT2D eigenvalue weighted by Gasteiger charge is -2.01. The highest BCUT2D eigenvalue weighted by Gasteiger charge is 2.09. The van der Waals surface area contributed by atoms with Gasteiger partial charge >= 0.3 is 0 Å². The summed E-state index contributed by atoms with van der Waals surface area (Å²) >= 11 is 0. The first-order chi connectivity index (χ1) is 9.13. The number of imidazole rings is 1. The molecule has 0 spiro atoms. The molecule has 0 amide bonds. The van der Waals surface area contributed by atoms with E-state index in [0.717, 1.165) is 23.6 Å². The summed E-state index contributed by atoms with van der Waals surface area (Å²) < 4.78 is 1.96. The smallest absolute Gasteiger partial charge is 0.138 e. The summed E-state index contributed by atoms with van der Waals surface area (Å²) in [4.78, 5) is 4.61. The Kier molecular flexibility index (Phi) is 2.75. The van der Waals surface area contributed by atoms with Crippen molar-refractivity contribution in [1.29, 1.82) is 0 Å². The number of hydrogen-bond acceptors (Lipinski definition) is 2. The molecule has 3 heteroatoms. The van der Waals surface area contributed by atoms with Crippen LogP contribution in [0.1, 0.15) is 22.4 Å². The topological polar surface area (TPSA) is 43.3 Å². The van der Waals surface area contributed by atoms with E-state index < -0.39 is 0 Å². The molecule has 3 nitrogen and oxygen atoms in total. The van der Waals surface area contributed by atoms with Gasteiger partial charge in [0.25, 0.3) is 0 Å². The molecule has 19 heavy (non-hydrogen) atoms. The average Bonchev–Trinajstić information content (AvgIpc) is 2.70. The number of aryl methyl sites for hydroxylation is 2. The molecule has 2 N–H and O–H groups in total. The molecule has 0 saturated heterocycles. The molecule has 3 aromatic rings. The highest BCUT2D eigenvalue weighted by molar-refractivity contribution is 5.54. The Bertz CT molecular complexity index is 724. The molecule has 0 unspecified atom stereocenters. The van der Waals surface area contributed by atoms with Gasteiger partial charge in [-0.3, -0.25) is 4.40 Å². The number of aromatic nitrogens is 2. The van der Waals surface area contributed by atoms with Crippen LogP contribution in [0.25, 0.3) is 5.65 Å². The summed E-state index contributed by atoms with van der Waals surface area (Å²) in [6.07, 6.45) is 2.79. The lowest BCUT2D eigenvalue weighted by Crippen LogP contribution is -1.97. The van der Waals surface area contributed by atoms with Gasteiger partial charge in [-0.15, -0.1) is 0 Å². The van der Waals surface area contributed by atoms with Gasteiger partial charge in [-0.05, 0) is 31.0 Å². The number of fused-ring (bicyclic) bond motifs is 1. The molecular formula is C16H17N3. The van der Waals surface area contributed by atoms with E-state index in [1.165, 1.54) is 16.7 Å². The normalized spacial score (nSPS) is 11.1. The highest BCUT2D eigenvalue weighted by atomic mass is 15.1. The first-order valence-corrected chi connectivity index (χ1v) is 6.42. The lowest BCUT2D eigenvalue weighted by atomic mass is 10.1. The van der Waals surface area contributed by atoms with Gasteiger partial charge in [-0.2, -0.15) is 0 Å². The Morgan fingerprint density at radius 2 is 1.68 bits per heavy atom. The number of rotatable bonds is 2. The zero-order valence-electron chi connectivity index (χ0n) is 11.2. The zero-order chi connectivity index (χ0) is 13.4.